The summed E-state index contributed by atoms with van der Waals surface area (Å²) in [5.74, 6) is 0.383. The number of nitriles is 1. The highest BCUT2D eigenvalue weighted by molar-refractivity contribution is 6.00. The number of hydrogen-bond acceptors (Lipinski definition) is 4. The van der Waals surface area contributed by atoms with Crippen molar-refractivity contribution < 1.29 is 14.3 Å². The predicted molar refractivity (Wildman–Crippen MR) is 66.9 cm³/mol. The van der Waals surface area contributed by atoms with E-state index in [0.717, 1.165) is 0 Å². The fourth-order valence-electron chi connectivity index (χ4n) is 1.38. The van der Waals surface area contributed by atoms with E-state index in [1.807, 2.05) is 6.92 Å². The summed E-state index contributed by atoms with van der Waals surface area (Å²) < 4.78 is 10.5. The number of hydrogen-bond donors (Lipinski definition) is 1. The summed E-state index contributed by atoms with van der Waals surface area (Å²) in [5.41, 5.74) is 5.60. The van der Waals surface area contributed by atoms with Crippen LogP contribution in [0.2, 0.25) is 0 Å². The number of carbonyl (C=O) groups is 1. The van der Waals surface area contributed by atoms with E-state index in [-0.39, 0.29) is 5.57 Å². The Morgan fingerprint density at radius 2 is 2.22 bits per heavy atom. The van der Waals surface area contributed by atoms with Gasteiger partial charge in [0.1, 0.15) is 11.6 Å². The molecule has 0 bridgehead atoms. The number of primary amides is 1. The summed E-state index contributed by atoms with van der Waals surface area (Å²) in [6, 6.07) is 6.84. The first-order valence-electron chi connectivity index (χ1n) is 5.34. The molecule has 0 radical (unpaired) electrons. The van der Waals surface area contributed by atoms with Crippen LogP contribution in [0.25, 0.3) is 6.08 Å². The number of nitrogens with two attached hydrogens (primary N) is 1. The van der Waals surface area contributed by atoms with E-state index in [1.165, 1.54) is 13.2 Å². The number of rotatable bonds is 5. The van der Waals surface area contributed by atoms with E-state index >= 15 is 0 Å². The molecule has 1 aromatic carbocycles. The number of methoxy groups -OCH3 is 1. The quantitative estimate of drug-likeness (QED) is 0.630. The minimum Gasteiger partial charge on any atom is -0.493 e. The lowest BCUT2D eigenvalue weighted by molar-refractivity contribution is -0.114. The van der Waals surface area contributed by atoms with Gasteiger partial charge in [0.15, 0.2) is 11.5 Å². The zero-order valence-corrected chi connectivity index (χ0v) is 10.3. The summed E-state index contributed by atoms with van der Waals surface area (Å²) in [5, 5.41) is 8.76. The topological polar surface area (TPSA) is 85.3 Å². The van der Waals surface area contributed by atoms with E-state index in [2.05, 4.69) is 0 Å². The van der Waals surface area contributed by atoms with Gasteiger partial charge in [-0.3, -0.25) is 4.79 Å². The molecule has 0 aliphatic heterocycles. The molecule has 1 rings (SSSR count). The second-order valence-corrected chi connectivity index (χ2v) is 3.38. The number of benzene rings is 1. The molecule has 0 atom stereocenters. The van der Waals surface area contributed by atoms with Crippen molar-refractivity contribution in [1.29, 1.82) is 5.26 Å². The first kappa shape index (κ1) is 13.6. The monoisotopic (exact) mass is 246 g/mol. The molecular weight excluding hydrogens is 232 g/mol. The van der Waals surface area contributed by atoms with E-state index in [0.29, 0.717) is 23.7 Å². The van der Waals surface area contributed by atoms with E-state index < -0.39 is 5.91 Å². The number of ether oxygens (including phenoxy) is 2. The summed E-state index contributed by atoms with van der Waals surface area (Å²) in [6.07, 6.45) is 1.41. The van der Waals surface area contributed by atoms with Gasteiger partial charge in [-0.25, -0.2) is 0 Å². The highest BCUT2D eigenvalue weighted by Crippen LogP contribution is 2.28. The number of carbonyl (C=O) groups excluding carboxylic acids is 1. The molecule has 0 saturated heterocycles. The fraction of sp³-hybridized carbons (Fsp3) is 0.231. The molecule has 0 aliphatic carbocycles. The Labute approximate surface area is 105 Å². The Balaban J connectivity index is 3.16. The standard InChI is InChI=1S/C13H14N2O3/c1-3-18-12-7-9(4-5-11(12)17-2)6-10(8-14)13(15)16/h4-7H,3H2,1-2H3,(H2,15,16). The third-order valence-electron chi connectivity index (χ3n) is 2.18. The van der Waals surface area contributed by atoms with Crippen molar-refractivity contribution in [2.45, 2.75) is 6.92 Å². The summed E-state index contributed by atoms with van der Waals surface area (Å²) in [7, 11) is 1.54. The molecule has 0 aromatic heterocycles. The Hall–Kier alpha value is -2.48. The molecule has 0 heterocycles. The average Bonchev–Trinajstić information content (AvgIpc) is 2.36. The zero-order chi connectivity index (χ0) is 13.5. The smallest absolute Gasteiger partial charge is 0.259 e. The van der Waals surface area contributed by atoms with Gasteiger partial charge in [0.25, 0.3) is 5.91 Å². The van der Waals surface area contributed by atoms with Crippen molar-refractivity contribution >= 4 is 12.0 Å². The van der Waals surface area contributed by atoms with Crippen LogP contribution >= 0.6 is 0 Å². The molecule has 1 aromatic rings. The first-order valence-corrected chi connectivity index (χ1v) is 5.34. The van der Waals surface area contributed by atoms with E-state index in [1.54, 1.807) is 24.3 Å². The van der Waals surface area contributed by atoms with Gasteiger partial charge in [0.05, 0.1) is 13.7 Å². The van der Waals surface area contributed by atoms with Crippen LogP contribution in [-0.2, 0) is 4.79 Å². The number of nitrogens with zero attached hydrogens (tertiary/aromatic N) is 1. The van der Waals surface area contributed by atoms with Crippen molar-refractivity contribution in [3.63, 3.8) is 0 Å². The lowest BCUT2D eigenvalue weighted by atomic mass is 10.1. The highest BCUT2D eigenvalue weighted by atomic mass is 16.5. The van der Waals surface area contributed by atoms with Gasteiger partial charge in [0.2, 0.25) is 0 Å². The van der Waals surface area contributed by atoms with Crippen molar-refractivity contribution in [1.82, 2.24) is 0 Å². The minimum atomic E-state index is -0.758. The van der Waals surface area contributed by atoms with Crippen molar-refractivity contribution in [3.05, 3.63) is 29.3 Å². The lowest BCUT2D eigenvalue weighted by Gasteiger charge is -2.09. The summed E-state index contributed by atoms with van der Waals surface area (Å²) in [4.78, 5) is 10.9. The first-order chi connectivity index (χ1) is 8.62. The third kappa shape index (κ3) is 3.25. The Morgan fingerprint density at radius 1 is 1.50 bits per heavy atom. The van der Waals surface area contributed by atoms with Crippen LogP contribution in [0.4, 0.5) is 0 Å². The second kappa shape index (κ2) is 6.30. The molecule has 94 valence electrons. The number of amides is 1. The molecule has 1 amide bonds. The third-order valence-corrected chi connectivity index (χ3v) is 2.18. The van der Waals surface area contributed by atoms with Gasteiger partial charge in [-0.1, -0.05) is 6.07 Å². The molecule has 0 unspecified atom stereocenters. The highest BCUT2D eigenvalue weighted by Gasteiger charge is 2.07. The van der Waals surface area contributed by atoms with Crippen molar-refractivity contribution in [2.75, 3.05) is 13.7 Å². The summed E-state index contributed by atoms with van der Waals surface area (Å²) >= 11 is 0. The van der Waals surface area contributed by atoms with Gasteiger partial charge in [-0.05, 0) is 30.7 Å². The Morgan fingerprint density at radius 3 is 2.72 bits per heavy atom. The molecule has 0 aliphatic rings. The Bertz CT molecular complexity index is 515. The fourth-order valence-corrected chi connectivity index (χ4v) is 1.38. The molecule has 2 N–H and O–H groups in total. The van der Waals surface area contributed by atoms with Gasteiger partial charge in [-0.2, -0.15) is 5.26 Å². The van der Waals surface area contributed by atoms with Crippen LogP contribution < -0.4 is 15.2 Å². The normalized spacial score (nSPS) is 10.6. The Kier molecular flexibility index (Phi) is 4.76. The molecular formula is C13H14N2O3. The van der Waals surface area contributed by atoms with Gasteiger partial charge < -0.3 is 15.2 Å². The molecule has 0 spiro atoms. The van der Waals surface area contributed by atoms with Crippen molar-refractivity contribution in [2.24, 2.45) is 5.73 Å². The van der Waals surface area contributed by atoms with Gasteiger partial charge >= 0.3 is 0 Å². The van der Waals surface area contributed by atoms with Crippen molar-refractivity contribution in [3.8, 4) is 17.6 Å². The van der Waals surface area contributed by atoms with Crippen LogP contribution in [0.3, 0.4) is 0 Å². The maximum absolute atomic E-state index is 10.9. The molecule has 18 heavy (non-hydrogen) atoms. The maximum Gasteiger partial charge on any atom is 0.259 e. The zero-order valence-electron chi connectivity index (χ0n) is 10.3. The van der Waals surface area contributed by atoms with Gasteiger partial charge in [-0.15, -0.1) is 0 Å². The van der Waals surface area contributed by atoms with Crippen LogP contribution in [0.15, 0.2) is 23.8 Å². The van der Waals surface area contributed by atoms with E-state index in [4.69, 9.17) is 20.5 Å². The van der Waals surface area contributed by atoms with E-state index in [9.17, 15) is 4.79 Å². The summed E-state index contributed by atoms with van der Waals surface area (Å²) in [6.45, 7) is 2.34. The minimum absolute atomic E-state index is 0.109. The maximum atomic E-state index is 10.9. The average molecular weight is 246 g/mol. The molecule has 0 fully saturated rings. The SMILES string of the molecule is CCOc1cc(C=C(C#N)C(N)=O)ccc1OC. The lowest BCUT2D eigenvalue weighted by Crippen LogP contribution is -2.12. The molecule has 5 nitrogen and oxygen atoms in total. The van der Waals surface area contributed by atoms with Crippen LogP contribution in [0.5, 0.6) is 11.5 Å². The molecule has 5 heteroatoms. The molecule has 0 saturated carbocycles. The second-order valence-electron chi connectivity index (χ2n) is 3.38. The van der Waals surface area contributed by atoms with Crippen LogP contribution in [0, 0.1) is 11.3 Å². The van der Waals surface area contributed by atoms with Crippen LogP contribution in [-0.4, -0.2) is 19.6 Å². The van der Waals surface area contributed by atoms with Crippen LogP contribution in [0.1, 0.15) is 12.5 Å². The van der Waals surface area contributed by atoms with Gasteiger partial charge in [0, 0.05) is 0 Å². The largest absolute Gasteiger partial charge is 0.493 e. The predicted octanol–water partition coefficient (Wildman–Crippen LogP) is 1.49.